The Morgan fingerprint density at radius 1 is 1.42 bits per heavy atom. The normalized spacial score (nSPS) is 16.3. The number of fused-ring (bicyclic) bond motifs is 1. The number of allylic oxidation sites excluding steroid dienone is 1. The van der Waals surface area contributed by atoms with Crippen LogP contribution in [0.2, 0.25) is 5.02 Å². The quantitative estimate of drug-likeness (QED) is 0.910. The zero-order valence-corrected chi connectivity index (χ0v) is 14.1. The Balaban J connectivity index is 2.39. The van der Waals surface area contributed by atoms with Gasteiger partial charge in [0.2, 0.25) is 5.88 Å². The van der Waals surface area contributed by atoms with E-state index in [1.54, 1.807) is 28.8 Å². The van der Waals surface area contributed by atoms with E-state index in [1.807, 2.05) is 19.9 Å². The molecule has 0 aliphatic carbocycles. The van der Waals surface area contributed by atoms with Gasteiger partial charge < -0.3 is 15.0 Å². The van der Waals surface area contributed by atoms with Crippen LogP contribution in [0.3, 0.4) is 0 Å². The van der Waals surface area contributed by atoms with E-state index in [9.17, 15) is 10.1 Å². The van der Waals surface area contributed by atoms with Crippen molar-refractivity contribution in [3.8, 4) is 11.8 Å². The van der Waals surface area contributed by atoms with E-state index < -0.39 is 5.92 Å². The van der Waals surface area contributed by atoms with Crippen molar-refractivity contribution in [1.29, 1.82) is 5.26 Å². The summed E-state index contributed by atoms with van der Waals surface area (Å²) < 4.78 is 7.21. The second-order valence-corrected chi connectivity index (χ2v) is 5.97. The van der Waals surface area contributed by atoms with Crippen LogP contribution in [-0.2, 0) is 6.54 Å². The molecule has 0 fully saturated rings. The number of halogens is 1. The van der Waals surface area contributed by atoms with Crippen molar-refractivity contribution >= 4 is 11.6 Å². The molecule has 6 heteroatoms. The van der Waals surface area contributed by atoms with Crippen LogP contribution < -0.4 is 16.0 Å². The van der Waals surface area contributed by atoms with Gasteiger partial charge in [0.15, 0.2) is 0 Å². The largest absolute Gasteiger partial charge is 0.440 e. The summed E-state index contributed by atoms with van der Waals surface area (Å²) in [7, 11) is 0. The van der Waals surface area contributed by atoms with Gasteiger partial charge in [-0.3, -0.25) is 4.79 Å². The molecule has 3 rings (SSSR count). The fourth-order valence-electron chi connectivity index (χ4n) is 3.10. The SMILES string of the molecule is CCn1c(C)cc2c(c1=O)C(c1ccccc1Cl)C(C#N)=C(N)O2. The summed E-state index contributed by atoms with van der Waals surface area (Å²) in [4.78, 5) is 13.0. The van der Waals surface area contributed by atoms with Crippen molar-refractivity contribution in [2.24, 2.45) is 5.73 Å². The van der Waals surface area contributed by atoms with Gasteiger partial charge >= 0.3 is 0 Å². The first-order valence-electron chi connectivity index (χ1n) is 7.55. The van der Waals surface area contributed by atoms with Crippen molar-refractivity contribution in [3.05, 3.63) is 74.0 Å². The van der Waals surface area contributed by atoms with E-state index in [1.165, 1.54) is 0 Å². The molecular formula is C18H16ClN3O2. The molecule has 0 spiro atoms. The molecule has 0 amide bonds. The summed E-state index contributed by atoms with van der Waals surface area (Å²) in [5, 5.41) is 10.0. The molecule has 0 radical (unpaired) electrons. The fourth-order valence-corrected chi connectivity index (χ4v) is 3.34. The average molecular weight is 342 g/mol. The minimum Gasteiger partial charge on any atom is -0.440 e. The monoisotopic (exact) mass is 341 g/mol. The van der Waals surface area contributed by atoms with Crippen molar-refractivity contribution in [2.45, 2.75) is 26.3 Å². The van der Waals surface area contributed by atoms with Crippen molar-refractivity contribution in [1.82, 2.24) is 4.57 Å². The molecular weight excluding hydrogens is 326 g/mol. The van der Waals surface area contributed by atoms with Gasteiger partial charge in [0.25, 0.3) is 5.56 Å². The second-order valence-electron chi connectivity index (χ2n) is 5.56. The van der Waals surface area contributed by atoms with Crippen LogP contribution in [0.4, 0.5) is 0 Å². The second kappa shape index (κ2) is 6.06. The van der Waals surface area contributed by atoms with Crippen LogP contribution in [0.25, 0.3) is 0 Å². The Hall–Kier alpha value is -2.71. The number of nitriles is 1. The predicted molar refractivity (Wildman–Crippen MR) is 91.9 cm³/mol. The Morgan fingerprint density at radius 2 is 2.12 bits per heavy atom. The van der Waals surface area contributed by atoms with E-state index in [2.05, 4.69) is 6.07 Å². The van der Waals surface area contributed by atoms with Crippen LogP contribution in [-0.4, -0.2) is 4.57 Å². The van der Waals surface area contributed by atoms with Crippen molar-refractivity contribution in [3.63, 3.8) is 0 Å². The molecule has 1 aromatic heterocycles. The third-order valence-electron chi connectivity index (χ3n) is 4.22. The Kier molecular flexibility index (Phi) is 4.08. The maximum absolute atomic E-state index is 13.0. The van der Waals surface area contributed by atoms with Crippen LogP contribution in [0.5, 0.6) is 5.75 Å². The molecule has 1 atom stereocenters. The zero-order chi connectivity index (χ0) is 17.4. The fraction of sp³-hybridized carbons (Fsp3) is 0.222. The average Bonchev–Trinajstić information content (AvgIpc) is 2.54. The molecule has 0 bridgehead atoms. The lowest BCUT2D eigenvalue weighted by Gasteiger charge is -2.27. The van der Waals surface area contributed by atoms with Crippen LogP contribution in [0, 0.1) is 18.3 Å². The number of benzene rings is 1. The molecule has 1 aliphatic rings. The molecule has 2 N–H and O–H groups in total. The lowest BCUT2D eigenvalue weighted by molar-refractivity contribution is 0.388. The van der Waals surface area contributed by atoms with Crippen LogP contribution in [0.1, 0.15) is 29.7 Å². The lowest BCUT2D eigenvalue weighted by Crippen LogP contribution is -2.32. The van der Waals surface area contributed by atoms with Gasteiger partial charge in [-0.25, -0.2) is 0 Å². The van der Waals surface area contributed by atoms with E-state index in [0.29, 0.717) is 28.4 Å². The van der Waals surface area contributed by atoms with Gasteiger partial charge in [0.05, 0.1) is 11.5 Å². The molecule has 1 unspecified atom stereocenters. The number of nitrogens with zero attached hydrogens (tertiary/aromatic N) is 2. The minimum atomic E-state index is -0.640. The summed E-state index contributed by atoms with van der Waals surface area (Å²) in [5.41, 5.74) is 7.75. The third-order valence-corrected chi connectivity index (χ3v) is 4.57. The molecule has 1 aliphatic heterocycles. The van der Waals surface area contributed by atoms with Gasteiger partial charge in [-0.2, -0.15) is 5.26 Å². The molecule has 122 valence electrons. The summed E-state index contributed by atoms with van der Waals surface area (Å²) in [6, 6.07) is 11.0. The van der Waals surface area contributed by atoms with Gasteiger partial charge in [0.1, 0.15) is 17.4 Å². The molecule has 1 aromatic carbocycles. The minimum absolute atomic E-state index is 0.00275. The Bertz CT molecular complexity index is 954. The molecule has 0 saturated carbocycles. The first kappa shape index (κ1) is 16.2. The highest BCUT2D eigenvalue weighted by Crippen LogP contribution is 2.42. The number of ether oxygens (including phenoxy) is 1. The number of nitrogens with two attached hydrogens (primary N) is 1. The Labute approximate surface area is 144 Å². The number of hydrogen-bond donors (Lipinski definition) is 1. The van der Waals surface area contributed by atoms with Crippen molar-refractivity contribution in [2.75, 3.05) is 0 Å². The van der Waals surface area contributed by atoms with Gasteiger partial charge in [-0.05, 0) is 25.5 Å². The lowest BCUT2D eigenvalue weighted by atomic mass is 9.84. The molecule has 2 aromatic rings. The number of aryl methyl sites for hydroxylation is 1. The molecule has 5 nitrogen and oxygen atoms in total. The highest BCUT2D eigenvalue weighted by atomic mass is 35.5. The molecule has 2 heterocycles. The number of rotatable bonds is 2. The Morgan fingerprint density at radius 3 is 2.75 bits per heavy atom. The van der Waals surface area contributed by atoms with E-state index in [4.69, 9.17) is 22.1 Å². The molecule has 24 heavy (non-hydrogen) atoms. The molecule has 0 saturated heterocycles. The van der Waals surface area contributed by atoms with Crippen LogP contribution in [0.15, 0.2) is 46.6 Å². The maximum atomic E-state index is 13.0. The number of pyridine rings is 1. The maximum Gasteiger partial charge on any atom is 0.258 e. The zero-order valence-electron chi connectivity index (χ0n) is 13.3. The highest BCUT2D eigenvalue weighted by molar-refractivity contribution is 6.31. The summed E-state index contributed by atoms with van der Waals surface area (Å²) in [6.07, 6.45) is 0. The predicted octanol–water partition coefficient (Wildman–Crippen LogP) is 3.05. The number of aromatic nitrogens is 1. The van der Waals surface area contributed by atoms with E-state index in [-0.39, 0.29) is 17.0 Å². The van der Waals surface area contributed by atoms with Crippen molar-refractivity contribution < 1.29 is 4.74 Å². The first-order chi connectivity index (χ1) is 11.5. The summed E-state index contributed by atoms with van der Waals surface area (Å²) in [6.45, 7) is 4.25. The standard InChI is InChI=1S/C18H16ClN3O2/c1-3-22-10(2)8-14-16(18(22)23)15(12(9-20)17(21)24-14)11-6-4-5-7-13(11)19/h4-8,15H,3,21H2,1-2H3. The third kappa shape index (κ3) is 2.36. The van der Waals surface area contributed by atoms with Crippen LogP contribution >= 0.6 is 11.6 Å². The summed E-state index contributed by atoms with van der Waals surface area (Å²) in [5.74, 6) is -0.259. The van der Waals surface area contributed by atoms with E-state index >= 15 is 0 Å². The van der Waals surface area contributed by atoms with E-state index in [0.717, 1.165) is 5.69 Å². The van der Waals surface area contributed by atoms with Gasteiger partial charge in [-0.15, -0.1) is 0 Å². The topological polar surface area (TPSA) is 81.0 Å². The summed E-state index contributed by atoms with van der Waals surface area (Å²) >= 11 is 6.33. The smallest absolute Gasteiger partial charge is 0.258 e. The first-order valence-corrected chi connectivity index (χ1v) is 7.93. The highest BCUT2D eigenvalue weighted by Gasteiger charge is 2.35. The van der Waals surface area contributed by atoms with Gasteiger partial charge in [-0.1, -0.05) is 29.8 Å². The number of hydrogen-bond acceptors (Lipinski definition) is 4. The van der Waals surface area contributed by atoms with Gasteiger partial charge in [0, 0.05) is 23.3 Å².